The molecule has 30 heavy (non-hydrogen) atoms. The normalized spacial score (nSPS) is 18.1. The first kappa shape index (κ1) is 19.3. The summed E-state index contributed by atoms with van der Waals surface area (Å²) < 4.78 is 0. The molecule has 0 saturated carbocycles. The van der Waals surface area contributed by atoms with Crippen LogP contribution in [0.1, 0.15) is 23.8 Å². The van der Waals surface area contributed by atoms with E-state index in [1.807, 2.05) is 12.1 Å². The number of benzene rings is 1. The highest BCUT2D eigenvalue weighted by Gasteiger charge is 2.27. The van der Waals surface area contributed by atoms with Gasteiger partial charge in [0.05, 0.1) is 22.5 Å². The molecule has 1 unspecified atom stereocenters. The summed E-state index contributed by atoms with van der Waals surface area (Å²) in [5.41, 5.74) is 2.31. The van der Waals surface area contributed by atoms with E-state index in [9.17, 15) is 14.4 Å². The van der Waals surface area contributed by atoms with Gasteiger partial charge in [-0.3, -0.25) is 14.4 Å². The first-order valence-corrected chi connectivity index (χ1v) is 11.7. The third kappa shape index (κ3) is 3.41. The van der Waals surface area contributed by atoms with E-state index in [4.69, 9.17) is 0 Å². The van der Waals surface area contributed by atoms with Crippen molar-refractivity contribution in [1.29, 1.82) is 0 Å². The number of para-hydroxylation sites is 2. The lowest BCUT2D eigenvalue weighted by Gasteiger charge is -2.28. The summed E-state index contributed by atoms with van der Waals surface area (Å²) in [5.74, 6) is 0.279. The third-order valence-electron chi connectivity index (χ3n) is 5.55. The van der Waals surface area contributed by atoms with Crippen molar-refractivity contribution in [3.63, 3.8) is 0 Å². The number of aromatic nitrogens is 2. The highest BCUT2D eigenvalue weighted by atomic mass is 32.2. The zero-order valence-electron chi connectivity index (χ0n) is 16.4. The van der Waals surface area contributed by atoms with Crippen LogP contribution in [0.25, 0.3) is 10.2 Å². The SMILES string of the molecule is CC1CCc2c(sc3nc(SCC(=O)N4CC(=O)Nc5ccccc54)[nH]c(=O)c23)C1. The van der Waals surface area contributed by atoms with Crippen LogP contribution in [0.3, 0.4) is 0 Å². The molecule has 2 aromatic heterocycles. The molecular weight excluding hydrogens is 420 g/mol. The molecule has 0 saturated heterocycles. The predicted octanol–water partition coefficient (Wildman–Crippen LogP) is 3.19. The Morgan fingerprint density at radius 2 is 2.17 bits per heavy atom. The van der Waals surface area contributed by atoms with Gasteiger partial charge in [-0.2, -0.15) is 0 Å². The number of fused-ring (bicyclic) bond motifs is 4. The number of nitrogens with zero attached hydrogens (tertiary/aromatic N) is 2. The summed E-state index contributed by atoms with van der Waals surface area (Å²) in [6.07, 6.45) is 3.00. The average Bonchev–Trinajstić information content (AvgIpc) is 3.09. The Morgan fingerprint density at radius 3 is 3.03 bits per heavy atom. The number of thiophene rings is 1. The molecule has 2 amide bonds. The highest BCUT2D eigenvalue weighted by Crippen LogP contribution is 2.36. The molecule has 3 aromatic rings. The molecule has 0 spiro atoms. The van der Waals surface area contributed by atoms with Gasteiger partial charge in [-0.25, -0.2) is 4.98 Å². The molecule has 5 rings (SSSR count). The smallest absolute Gasteiger partial charge is 0.260 e. The number of carbonyl (C=O) groups excluding carboxylic acids is 2. The predicted molar refractivity (Wildman–Crippen MR) is 120 cm³/mol. The molecule has 7 nitrogen and oxygen atoms in total. The second kappa shape index (κ2) is 7.55. The number of carbonyl (C=O) groups is 2. The molecule has 0 bridgehead atoms. The van der Waals surface area contributed by atoms with Crippen LogP contribution < -0.4 is 15.8 Å². The Morgan fingerprint density at radius 1 is 1.33 bits per heavy atom. The van der Waals surface area contributed by atoms with Crippen LogP contribution in [-0.2, 0) is 22.4 Å². The standard InChI is InChI=1S/C21H20N4O3S2/c1-11-6-7-12-15(8-11)30-20-18(12)19(28)23-21(24-20)29-10-17(27)25-9-16(26)22-13-4-2-3-5-14(13)25/h2-5,11H,6-10H2,1H3,(H,22,26)(H,23,24,28). The van der Waals surface area contributed by atoms with Gasteiger partial charge < -0.3 is 15.2 Å². The zero-order chi connectivity index (χ0) is 20.8. The number of hydrogen-bond acceptors (Lipinski definition) is 6. The molecule has 1 aliphatic heterocycles. The second-order valence-corrected chi connectivity index (χ2v) is 9.78. The van der Waals surface area contributed by atoms with Crippen LogP contribution in [0.15, 0.2) is 34.2 Å². The lowest BCUT2D eigenvalue weighted by atomic mass is 9.89. The van der Waals surface area contributed by atoms with E-state index < -0.39 is 0 Å². The molecule has 2 N–H and O–H groups in total. The van der Waals surface area contributed by atoms with E-state index >= 15 is 0 Å². The van der Waals surface area contributed by atoms with Crippen molar-refractivity contribution in [3.8, 4) is 0 Å². The first-order chi connectivity index (χ1) is 14.5. The summed E-state index contributed by atoms with van der Waals surface area (Å²) in [5, 5.41) is 3.92. The number of aryl methyl sites for hydroxylation is 1. The van der Waals surface area contributed by atoms with Crippen LogP contribution >= 0.6 is 23.1 Å². The van der Waals surface area contributed by atoms with Crippen molar-refractivity contribution in [1.82, 2.24) is 9.97 Å². The molecule has 2 aliphatic rings. The monoisotopic (exact) mass is 440 g/mol. The highest BCUT2D eigenvalue weighted by molar-refractivity contribution is 7.99. The molecule has 1 aromatic carbocycles. The number of H-pyrrole nitrogens is 1. The van der Waals surface area contributed by atoms with Crippen LogP contribution in [0, 0.1) is 5.92 Å². The minimum atomic E-state index is -0.224. The summed E-state index contributed by atoms with van der Waals surface area (Å²) in [6.45, 7) is 2.21. The Labute approximate surface area is 180 Å². The number of anilines is 2. The van der Waals surface area contributed by atoms with E-state index in [0.29, 0.717) is 27.8 Å². The van der Waals surface area contributed by atoms with Crippen molar-refractivity contribution in [2.45, 2.75) is 31.3 Å². The van der Waals surface area contributed by atoms with Crippen LogP contribution in [0.2, 0.25) is 0 Å². The summed E-state index contributed by atoms with van der Waals surface area (Å²) in [6, 6.07) is 7.22. The van der Waals surface area contributed by atoms with Gasteiger partial charge in [0.25, 0.3) is 5.56 Å². The van der Waals surface area contributed by atoms with E-state index in [0.717, 1.165) is 29.7 Å². The second-order valence-electron chi connectivity index (χ2n) is 7.74. The molecule has 154 valence electrons. The first-order valence-electron chi connectivity index (χ1n) is 9.86. The third-order valence-corrected chi connectivity index (χ3v) is 7.55. The summed E-state index contributed by atoms with van der Waals surface area (Å²) in [4.78, 5) is 48.4. The van der Waals surface area contributed by atoms with Gasteiger partial charge in [-0.1, -0.05) is 30.8 Å². The quantitative estimate of drug-likeness (QED) is 0.482. The van der Waals surface area contributed by atoms with Gasteiger partial charge in [0.15, 0.2) is 5.16 Å². The van der Waals surface area contributed by atoms with Crippen molar-refractivity contribution in [2.24, 2.45) is 5.92 Å². The van der Waals surface area contributed by atoms with Crippen molar-refractivity contribution in [2.75, 3.05) is 22.5 Å². The fourth-order valence-electron chi connectivity index (χ4n) is 4.06. The van der Waals surface area contributed by atoms with Crippen molar-refractivity contribution < 1.29 is 9.59 Å². The van der Waals surface area contributed by atoms with Gasteiger partial charge in [-0.05, 0) is 42.9 Å². The van der Waals surface area contributed by atoms with Gasteiger partial charge in [0.1, 0.15) is 11.4 Å². The fourth-order valence-corrected chi connectivity index (χ4v) is 6.24. The largest absolute Gasteiger partial charge is 0.323 e. The number of aromatic amines is 1. The Balaban J connectivity index is 1.37. The lowest BCUT2D eigenvalue weighted by Crippen LogP contribution is -2.43. The Hall–Kier alpha value is -2.65. The summed E-state index contributed by atoms with van der Waals surface area (Å²) >= 11 is 2.78. The van der Waals surface area contributed by atoms with Crippen LogP contribution in [-0.4, -0.2) is 34.1 Å². The topological polar surface area (TPSA) is 95.2 Å². The van der Waals surface area contributed by atoms with Gasteiger partial charge in [-0.15, -0.1) is 11.3 Å². The molecule has 9 heteroatoms. The van der Waals surface area contributed by atoms with E-state index in [2.05, 4.69) is 22.2 Å². The van der Waals surface area contributed by atoms with Gasteiger partial charge in [0, 0.05) is 4.88 Å². The van der Waals surface area contributed by atoms with E-state index in [1.165, 1.54) is 21.5 Å². The van der Waals surface area contributed by atoms with E-state index in [-0.39, 0.29) is 29.7 Å². The molecule has 1 atom stereocenters. The van der Waals surface area contributed by atoms with E-state index in [1.54, 1.807) is 23.5 Å². The van der Waals surface area contributed by atoms with Crippen molar-refractivity contribution >= 4 is 56.5 Å². The van der Waals surface area contributed by atoms with Gasteiger partial charge >= 0.3 is 0 Å². The average molecular weight is 441 g/mol. The van der Waals surface area contributed by atoms with Gasteiger partial charge in [0.2, 0.25) is 11.8 Å². The molecule has 1 aliphatic carbocycles. The maximum atomic E-state index is 12.8. The zero-order valence-corrected chi connectivity index (χ0v) is 18.0. The number of thioether (sulfide) groups is 1. The van der Waals surface area contributed by atoms with Crippen LogP contribution in [0.4, 0.5) is 11.4 Å². The number of nitrogens with one attached hydrogen (secondary N) is 2. The molecule has 3 heterocycles. The maximum absolute atomic E-state index is 12.8. The molecular formula is C21H20N4O3S2. The van der Waals surface area contributed by atoms with Crippen molar-refractivity contribution in [3.05, 3.63) is 45.1 Å². The number of hydrogen-bond donors (Lipinski definition) is 2. The lowest BCUT2D eigenvalue weighted by molar-refractivity contribution is -0.120. The minimum Gasteiger partial charge on any atom is -0.323 e. The Bertz CT molecular complexity index is 1230. The maximum Gasteiger partial charge on any atom is 0.260 e. The molecule has 0 fully saturated rings. The summed E-state index contributed by atoms with van der Waals surface area (Å²) in [7, 11) is 0. The fraction of sp³-hybridized carbons (Fsp3) is 0.333. The number of rotatable bonds is 3. The van der Waals surface area contributed by atoms with Crippen LogP contribution in [0.5, 0.6) is 0 Å². The molecule has 0 radical (unpaired) electrons. The number of amides is 2. The Kier molecular flexibility index (Phi) is 4.86. The minimum absolute atomic E-state index is 0.0186.